The predicted molar refractivity (Wildman–Crippen MR) is 300 cm³/mol. The third-order valence-corrected chi connectivity index (χ3v) is 12.6. The van der Waals surface area contributed by atoms with Crippen LogP contribution in [0.2, 0.25) is 0 Å². The number of aliphatic carboxylic acids is 3. The first kappa shape index (κ1) is 74.3. The van der Waals surface area contributed by atoms with Crippen LogP contribution in [-0.4, -0.2) is 193 Å². The number of nitrogens with zero attached hydrogens (tertiary/aromatic N) is 1. The molecule has 33 heteroatoms. The number of carbonyl (C=O) groups is 13. The third kappa shape index (κ3) is 27.9. The lowest BCUT2D eigenvalue weighted by Gasteiger charge is -2.30. The standard InChI is InChI=1S/C52H84N14O19/c1-23(2)19-32(61-44(77)30(14-16-36(53)70)59-46(79)33(63-48(81)39(54)26(7)68)20-27-10-12-28(69)13-11-27)45(78)62-34(21-38(73)74)47(80)65-41(25(5)6)50(83)66-40(24(3)4)49(82)60-31(15-17-37(71)72)43(76)58-29(9-8-18-57-52(55)56)42(75)64-35(22-67)51(84)85/h10-13,23-26,29-35,39-41,67-69H,8-9,14-22,54H2,1-7H3,(H2,53,70)(H,58,76)(H,59,79)(H,60,82)(H,61,77)(H,62,78)(H,63,81)(H,64,75)(H,65,80)(H,66,83)(H,71,72)(H,73,74)(H,84,85)(H4,55,56,57)/t26-,29+,30+,31+,32+,33+,34+,35+,39+,40+,41+/m1/s1. The highest BCUT2D eigenvalue weighted by atomic mass is 16.4. The first-order valence-electron chi connectivity index (χ1n) is 27.1. The van der Waals surface area contributed by atoms with Crippen molar-refractivity contribution in [3.05, 3.63) is 29.8 Å². The number of carboxylic acids is 3. The van der Waals surface area contributed by atoms with Gasteiger partial charge in [0.05, 0.1) is 19.1 Å². The lowest BCUT2D eigenvalue weighted by molar-refractivity contribution is -0.143. The molecule has 0 bridgehead atoms. The van der Waals surface area contributed by atoms with Gasteiger partial charge in [-0.3, -0.25) is 62.5 Å². The quantitative estimate of drug-likeness (QED) is 0.0166. The average molecular weight is 1210 g/mol. The maximum Gasteiger partial charge on any atom is 0.328 e. The van der Waals surface area contributed by atoms with Gasteiger partial charge in [0.1, 0.15) is 66.2 Å². The molecule has 0 radical (unpaired) electrons. The molecule has 23 N–H and O–H groups in total. The molecule has 1 aromatic rings. The van der Waals surface area contributed by atoms with E-state index in [9.17, 15) is 93.0 Å². The number of nitrogens with two attached hydrogens (primary N) is 4. The van der Waals surface area contributed by atoms with Gasteiger partial charge >= 0.3 is 17.9 Å². The molecule has 0 spiro atoms. The van der Waals surface area contributed by atoms with Crippen molar-refractivity contribution in [2.75, 3.05) is 13.2 Å². The summed E-state index contributed by atoms with van der Waals surface area (Å²) in [6.07, 6.45) is -5.29. The molecule has 1 rings (SSSR count). The van der Waals surface area contributed by atoms with Gasteiger partial charge in [-0.25, -0.2) is 4.79 Å². The smallest absolute Gasteiger partial charge is 0.328 e. The second-order valence-corrected chi connectivity index (χ2v) is 21.2. The first-order chi connectivity index (χ1) is 39.6. The minimum Gasteiger partial charge on any atom is -0.508 e. The second-order valence-electron chi connectivity index (χ2n) is 21.2. The summed E-state index contributed by atoms with van der Waals surface area (Å²) in [5.74, 6) is -17.7. The fraction of sp³-hybridized carbons (Fsp3) is 0.615. The van der Waals surface area contributed by atoms with Crippen LogP contribution in [0.5, 0.6) is 5.75 Å². The zero-order valence-corrected chi connectivity index (χ0v) is 48.4. The van der Waals surface area contributed by atoms with Crippen molar-refractivity contribution < 1.29 is 93.0 Å². The van der Waals surface area contributed by atoms with E-state index in [4.69, 9.17) is 22.9 Å². The van der Waals surface area contributed by atoms with Crippen LogP contribution in [0.15, 0.2) is 29.3 Å². The Morgan fingerprint density at radius 1 is 0.506 bits per heavy atom. The maximum absolute atomic E-state index is 14.1. The summed E-state index contributed by atoms with van der Waals surface area (Å²) in [6.45, 7) is 9.31. The predicted octanol–water partition coefficient (Wildman–Crippen LogP) is -5.90. The van der Waals surface area contributed by atoms with E-state index in [1.807, 2.05) is 0 Å². The number of rotatable bonds is 39. The van der Waals surface area contributed by atoms with Crippen molar-refractivity contribution in [3.63, 3.8) is 0 Å². The van der Waals surface area contributed by atoms with Crippen molar-refractivity contribution in [1.82, 2.24) is 47.9 Å². The number of aliphatic hydroxyl groups excluding tert-OH is 2. The molecule has 0 aromatic heterocycles. The van der Waals surface area contributed by atoms with Gasteiger partial charge in [0, 0.05) is 25.8 Å². The van der Waals surface area contributed by atoms with Crippen LogP contribution in [-0.2, 0) is 68.7 Å². The van der Waals surface area contributed by atoms with Gasteiger partial charge in [-0.05, 0) is 74.5 Å². The molecule has 85 heavy (non-hydrogen) atoms. The molecule has 0 heterocycles. The van der Waals surface area contributed by atoms with E-state index < -0.39 is 200 Å². The summed E-state index contributed by atoms with van der Waals surface area (Å²) < 4.78 is 0. The Balaban J connectivity index is 3.54. The van der Waals surface area contributed by atoms with Crippen LogP contribution in [0.1, 0.15) is 105 Å². The highest BCUT2D eigenvalue weighted by molar-refractivity contribution is 5.99. The number of hydrogen-bond acceptors (Lipinski definition) is 18. The lowest BCUT2D eigenvalue weighted by Crippen LogP contribution is -2.62. The number of carboxylic acid groups (broad SMARTS) is 3. The number of primary amides is 1. The Bertz CT molecular complexity index is 2530. The van der Waals surface area contributed by atoms with Crippen molar-refractivity contribution in [2.24, 2.45) is 45.7 Å². The number of benzene rings is 1. The van der Waals surface area contributed by atoms with Crippen LogP contribution in [0.4, 0.5) is 0 Å². The molecule has 0 unspecified atom stereocenters. The number of aliphatic hydroxyl groups is 2. The Morgan fingerprint density at radius 2 is 0.918 bits per heavy atom. The number of aromatic hydroxyl groups is 1. The molecule has 0 aliphatic heterocycles. The monoisotopic (exact) mass is 1210 g/mol. The number of carbonyl (C=O) groups excluding carboxylic acids is 10. The van der Waals surface area contributed by atoms with E-state index in [1.54, 1.807) is 13.8 Å². The number of aliphatic imine (C=N–C) groups is 1. The SMILES string of the molecule is CC(C)C[C@H](NC(=O)[C@H](CCC(N)=O)NC(=O)[C@H](Cc1ccc(O)cc1)NC(=O)[C@@H](N)[C@@H](C)O)C(=O)N[C@@H](CC(=O)O)C(=O)N[C@H](C(=O)N[C@H](C(=O)N[C@@H](CCC(=O)O)C(=O)N[C@@H](CCCN=C(N)N)C(=O)N[C@@H](CO)C(=O)O)C(C)C)C(C)C. The summed E-state index contributed by atoms with van der Waals surface area (Å²) in [5, 5.41) is 79.2. The number of phenols is 1. The van der Waals surface area contributed by atoms with E-state index >= 15 is 0 Å². The summed E-state index contributed by atoms with van der Waals surface area (Å²) >= 11 is 0. The molecule has 476 valence electrons. The normalized spacial score (nSPS) is 15.0. The number of phenolic OH excluding ortho intramolecular Hbond substituents is 1. The largest absolute Gasteiger partial charge is 0.508 e. The van der Waals surface area contributed by atoms with E-state index in [0.717, 1.165) is 0 Å². The van der Waals surface area contributed by atoms with Gasteiger partial charge in [0.2, 0.25) is 59.1 Å². The van der Waals surface area contributed by atoms with Crippen molar-refractivity contribution in [1.29, 1.82) is 0 Å². The average Bonchev–Trinajstić information content (AvgIpc) is 3.60. The van der Waals surface area contributed by atoms with Crippen LogP contribution in [0.3, 0.4) is 0 Å². The highest BCUT2D eigenvalue weighted by Gasteiger charge is 2.38. The van der Waals surface area contributed by atoms with E-state index in [0.29, 0.717) is 5.56 Å². The Hall–Kier alpha value is -8.72. The molecule has 0 aliphatic rings. The minimum absolute atomic E-state index is 0.0274. The summed E-state index contributed by atoms with van der Waals surface area (Å²) in [5.41, 5.74) is 22.3. The second kappa shape index (κ2) is 36.8. The van der Waals surface area contributed by atoms with Crippen LogP contribution < -0.4 is 70.8 Å². The molecule has 0 saturated heterocycles. The van der Waals surface area contributed by atoms with Gasteiger partial charge in [0.15, 0.2) is 5.96 Å². The third-order valence-electron chi connectivity index (χ3n) is 12.6. The van der Waals surface area contributed by atoms with Crippen molar-refractivity contribution in [3.8, 4) is 5.75 Å². The molecular weight excluding hydrogens is 1120 g/mol. The number of amides is 10. The zero-order chi connectivity index (χ0) is 65.0. The van der Waals surface area contributed by atoms with Gasteiger partial charge < -0.3 is 101 Å². The van der Waals surface area contributed by atoms with Crippen LogP contribution in [0.25, 0.3) is 0 Å². The van der Waals surface area contributed by atoms with Crippen LogP contribution in [0, 0.1) is 17.8 Å². The van der Waals surface area contributed by atoms with Crippen molar-refractivity contribution >= 4 is 82.9 Å². The van der Waals surface area contributed by atoms with Gasteiger partial charge in [-0.2, -0.15) is 0 Å². The zero-order valence-electron chi connectivity index (χ0n) is 48.4. The van der Waals surface area contributed by atoms with E-state index in [-0.39, 0.29) is 43.9 Å². The van der Waals surface area contributed by atoms with Crippen molar-refractivity contribution in [2.45, 2.75) is 173 Å². The summed E-state index contributed by atoms with van der Waals surface area (Å²) in [6, 6.07) is -10.9. The molecule has 0 fully saturated rings. The molecule has 1 aromatic carbocycles. The summed E-state index contributed by atoms with van der Waals surface area (Å²) in [4.78, 5) is 175. The fourth-order valence-corrected chi connectivity index (χ4v) is 7.89. The fourth-order valence-electron chi connectivity index (χ4n) is 7.89. The summed E-state index contributed by atoms with van der Waals surface area (Å²) in [7, 11) is 0. The minimum atomic E-state index is -1.96. The number of guanidine groups is 1. The van der Waals surface area contributed by atoms with Crippen LogP contribution >= 0.6 is 0 Å². The molecule has 11 atom stereocenters. The van der Waals surface area contributed by atoms with Gasteiger partial charge in [-0.1, -0.05) is 53.7 Å². The molecule has 10 amide bonds. The Kier molecular flexibility index (Phi) is 32.1. The Morgan fingerprint density at radius 3 is 1.36 bits per heavy atom. The Labute approximate surface area is 489 Å². The lowest BCUT2D eigenvalue weighted by atomic mass is 9.98. The highest BCUT2D eigenvalue weighted by Crippen LogP contribution is 2.15. The van der Waals surface area contributed by atoms with E-state index in [1.165, 1.54) is 58.9 Å². The van der Waals surface area contributed by atoms with E-state index in [2.05, 4.69) is 52.8 Å². The maximum atomic E-state index is 14.1. The number of nitrogens with one attached hydrogen (secondary N) is 9. The van der Waals surface area contributed by atoms with Gasteiger partial charge in [-0.15, -0.1) is 0 Å². The topological polar surface area (TPSA) is 568 Å². The molecular formula is C52H84N14O19. The van der Waals surface area contributed by atoms with Gasteiger partial charge in [0.25, 0.3) is 0 Å². The first-order valence-corrected chi connectivity index (χ1v) is 27.1. The molecule has 0 aliphatic carbocycles. The number of hydrogen-bond donors (Lipinski definition) is 19. The molecule has 0 saturated carbocycles. The molecule has 33 nitrogen and oxygen atoms in total.